The molecule has 0 heterocycles. The summed E-state index contributed by atoms with van der Waals surface area (Å²) in [4.78, 5) is 25.7. The van der Waals surface area contributed by atoms with E-state index in [1.165, 1.54) is 35.9 Å². The molecule has 2 amide bonds. The lowest BCUT2D eigenvalue weighted by Crippen LogP contribution is -2.44. The minimum Gasteiger partial charge on any atom is -0.481 e. The number of rotatable bonds is 5. The quantitative estimate of drug-likeness (QED) is 0.902. The molecular weight excluding hydrogens is 263 g/mol. The topological polar surface area (TPSA) is 60.9 Å². The van der Waals surface area contributed by atoms with Crippen LogP contribution in [-0.2, 0) is 4.79 Å². The lowest BCUT2D eigenvalue weighted by Gasteiger charge is -2.28. The summed E-state index contributed by atoms with van der Waals surface area (Å²) in [7, 11) is 1.51. The van der Waals surface area contributed by atoms with Crippen molar-refractivity contribution in [1.29, 1.82) is 0 Å². The van der Waals surface area contributed by atoms with Crippen LogP contribution in [0.1, 0.15) is 13.8 Å². The van der Waals surface area contributed by atoms with Gasteiger partial charge in [-0.05, 0) is 19.1 Å². The van der Waals surface area contributed by atoms with Gasteiger partial charge in [0.2, 0.25) is 0 Å². The largest absolute Gasteiger partial charge is 0.481 e. The molecule has 0 radical (unpaired) electrons. The van der Waals surface area contributed by atoms with Crippen LogP contribution in [0.2, 0.25) is 0 Å². The van der Waals surface area contributed by atoms with Crippen molar-refractivity contribution in [3.05, 3.63) is 30.1 Å². The average Bonchev–Trinajstić information content (AvgIpc) is 2.41. The minimum absolute atomic E-state index is 0.0686. The molecule has 1 aromatic rings. The van der Waals surface area contributed by atoms with Crippen LogP contribution in [0, 0.1) is 11.7 Å². The zero-order valence-electron chi connectivity index (χ0n) is 11.8. The number of carbonyl (C=O) groups excluding carboxylic acids is 1. The lowest BCUT2D eigenvalue weighted by atomic mass is 10.2. The molecule has 6 heteroatoms. The highest BCUT2D eigenvalue weighted by Gasteiger charge is 2.23. The van der Waals surface area contributed by atoms with Crippen molar-refractivity contribution >= 4 is 17.7 Å². The van der Waals surface area contributed by atoms with Gasteiger partial charge in [0.05, 0.1) is 11.6 Å². The molecule has 0 aliphatic carbocycles. The lowest BCUT2D eigenvalue weighted by molar-refractivity contribution is -0.141. The number of carboxylic acids is 1. The SMILES string of the molecule is CCN(C(=O)N(C)CC(C)C(=O)O)c1ccccc1F. The van der Waals surface area contributed by atoms with E-state index in [0.717, 1.165) is 0 Å². The zero-order valence-corrected chi connectivity index (χ0v) is 11.8. The smallest absolute Gasteiger partial charge is 0.324 e. The van der Waals surface area contributed by atoms with E-state index in [-0.39, 0.29) is 12.2 Å². The van der Waals surface area contributed by atoms with E-state index in [1.807, 2.05) is 0 Å². The Morgan fingerprint density at radius 1 is 1.35 bits per heavy atom. The standard InChI is InChI=1S/C14H19FN2O3/c1-4-17(12-8-6-5-7-11(12)15)14(20)16(3)9-10(2)13(18)19/h5-8,10H,4,9H2,1-3H3,(H,18,19). The maximum absolute atomic E-state index is 13.7. The summed E-state index contributed by atoms with van der Waals surface area (Å²) in [5, 5.41) is 8.86. The summed E-state index contributed by atoms with van der Waals surface area (Å²) < 4.78 is 13.7. The fourth-order valence-corrected chi connectivity index (χ4v) is 1.85. The predicted molar refractivity (Wildman–Crippen MR) is 74.2 cm³/mol. The van der Waals surface area contributed by atoms with E-state index >= 15 is 0 Å². The van der Waals surface area contributed by atoms with Crippen molar-refractivity contribution in [2.75, 3.05) is 25.0 Å². The molecule has 1 aromatic carbocycles. The molecule has 0 aliphatic rings. The van der Waals surface area contributed by atoms with Crippen molar-refractivity contribution in [2.45, 2.75) is 13.8 Å². The molecule has 5 nitrogen and oxygen atoms in total. The molecule has 0 bridgehead atoms. The third kappa shape index (κ3) is 3.69. The maximum Gasteiger partial charge on any atom is 0.324 e. The summed E-state index contributed by atoms with van der Waals surface area (Å²) >= 11 is 0. The average molecular weight is 282 g/mol. The molecule has 1 unspecified atom stereocenters. The Balaban J connectivity index is 2.87. The van der Waals surface area contributed by atoms with Crippen LogP contribution in [0.25, 0.3) is 0 Å². The second kappa shape index (κ2) is 6.88. The van der Waals surface area contributed by atoms with Crippen molar-refractivity contribution in [3.8, 4) is 0 Å². The first-order chi connectivity index (χ1) is 9.38. The molecule has 20 heavy (non-hydrogen) atoms. The maximum atomic E-state index is 13.7. The number of para-hydroxylation sites is 1. The van der Waals surface area contributed by atoms with Gasteiger partial charge < -0.3 is 10.0 Å². The van der Waals surface area contributed by atoms with Gasteiger partial charge in [-0.3, -0.25) is 9.69 Å². The molecule has 1 atom stereocenters. The molecule has 0 spiro atoms. The number of nitrogens with zero attached hydrogens (tertiary/aromatic N) is 2. The molecule has 0 aromatic heterocycles. The Bertz CT molecular complexity index is 493. The molecule has 0 fully saturated rings. The second-order valence-corrected chi connectivity index (χ2v) is 4.60. The third-order valence-corrected chi connectivity index (χ3v) is 2.99. The van der Waals surface area contributed by atoms with Gasteiger partial charge in [-0.15, -0.1) is 0 Å². The number of carbonyl (C=O) groups is 2. The first-order valence-electron chi connectivity index (χ1n) is 6.38. The minimum atomic E-state index is -0.974. The van der Waals surface area contributed by atoms with Gasteiger partial charge in [-0.1, -0.05) is 19.1 Å². The Morgan fingerprint density at radius 3 is 2.45 bits per heavy atom. The van der Waals surface area contributed by atoms with Crippen molar-refractivity contribution < 1.29 is 19.1 Å². The van der Waals surface area contributed by atoms with Crippen LogP contribution < -0.4 is 4.90 Å². The van der Waals surface area contributed by atoms with Gasteiger partial charge >= 0.3 is 12.0 Å². The zero-order chi connectivity index (χ0) is 15.3. The van der Waals surface area contributed by atoms with E-state index in [0.29, 0.717) is 6.54 Å². The van der Waals surface area contributed by atoms with Crippen molar-refractivity contribution in [2.24, 2.45) is 5.92 Å². The Labute approximate surface area is 117 Å². The van der Waals surface area contributed by atoms with E-state index < -0.39 is 23.7 Å². The highest BCUT2D eigenvalue weighted by atomic mass is 19.1. The Hall–Kier alpha value is -2.11. The molecule has 1 rings (SSSR count). The highest BCUT2D eigenvalue weighted by molar-refractivity contribution is 5.92. The van der Waals surface area contributed by atoms with Gasteiger partial charge in [0.25, 0.3) is 0 Å². The van der Waals surface area contributed by atoms with Gasteiger partial charge in [-0.25, -0.2) is 9.18 Å². The van der Waals surface area contributed by atoms with E-state index in [9.17, 15) is 14.0 Å². The summed E-state index contributed by atoms with van der Waals surface area (Å²) in [6.07, 6.45) is 0. The molecular formula is C14H19FN2O3. The predicted octanol–water partition coefficient (Wildman–Crippen LogP) is 2.42. The monoisotopic (exact) mass is 282 g/mol. The number of amides is 2. The van der Waals surface area contributed by atoms with Gasteiger partial charge in [0, 0.05) is 20.1 Å². The molecule has 0 aliphatic heterocycles. The van der Waals surface area contributed by atoms with Crippen LogP contribution in [0.4, 0.5) is 14.9 Å². The molecule has 1 N–H and O–H groups in total. The Morgan fingerprint density at radius 2 is 1.95 bits per heavy atom. The second-order valence-electron chi connectivity index (χ2n) is 4.60. The summed E-state index contributed by atoms with van der Waals surface area (Å²) in [6, 6.07) is 5.57. The highest BCUT2D eigenvalue weighted by Crippen LogP contribution is 2.19. The summed E-state index contributed by atoms with van der Waals surface area (Å²) in [6.45, 7) is 3.62. The summed E-state index contributed by atoms with van der Waals surface area (Å²) in [5.41, 5.74) is 0.190. The number of anilines is 1. The number of hydrogen-bond donors (Lipinski definition) is 1. The molecule has 110 valence electrons. The third-order valence-electron chi connectivity index (χ3n) is 2.99. The van der Waals surface area contributed by atoms with E-state index in [2.05, 4.69) is 0 Å². The molecule has 0 saturated heterocycles. The number of halogens is 1. The number of carboxylic acid groups (broad SMARTS) is 1. The van der Waals surface area contributed by atoms with Gasteiger partial charge in [0.1, 0.15) is 5.82 Å². The van der Waals surface area contributed by atoms with Crippen LogP contribution in [-0.4, -0.2) is 42.1 Å². The number of aliphatic carboxylic acids is 1. The number of urea groups is 1. The van der Waals surface area contributed by atoms with Crippen LogP contribution in [0.15, 0.2) is 24.3 Å². The fraction of sp³-hybridized carbons (Fsp3) is 0.429. The first-order valence-corrected chi connectivity index (χ1v) is 6.38. The van der Waals surface area contributed by atoms with E-state index in [4.69, 9.17) is 5.11 Å². The van der Waals surface area contributed by atoms with Gasteiger partial charge in [0.15, 0.2) is 0 Å². The van der Waals surface area contributed by atoms with Crippen molar-refractivity contribution in [3.63, 3.8) is 0 Å². The number of benzene rings is 1. The normalized spacial score (nSPS) is 11.8. The van der Waals surface area contributed by atoms with Crippen LogP contribution >= 0.6 is 0 Å². The van der Waals surface area contributed by atoms with Gasteiger partial charge in [-0.2, -0.15) is 0 Å². The van der Waals surface area contributed by atoms with Crippen molar-refractivity contribution in [1.82, 2.24) is 4.90 Å². The van der Waals surface area contributed by atoms with Crippen LogP contribution in [0.5, 0.6) is 0 Å². The van der Waals surface area contributed by atoms with E-state index in [1.54, 1.807) is 19.1 Å². The Kier molecular flexibility index (Phi) is 5.49. The number of hydrogen-bond acceptors (Lipinski definition) is 2. The van der Waals surface area contributed by atoms with Crippen LogP contribution in [0.3, 0.4) is 0 Å². The fourth-order valence-electron chi connectivity index (χ4n) is 1.85. The summed E-state index contributed by atoms with van der Waals surface area (Å²) in [5.74, 6) is -2.13. The first kappa shape index (κ1) is 15.9. The molecule has 0 saturated carbocycles.